The molecule has 0 aliphatic carbocycles. The Morgan fingerprint density at radius 1 is 1.05 bits per heavy atom. The van der Waals surface area contributed by atoms with Crippen LogP contribution in [0, 0.1) is 0 Å². The van der Waals surface area contributed by atoms with Gasteiger partial charge in [0, 0.05) is 18.3 Å². The summed E-state index contributed by atoms with van der Waals surface area (Å²) in [5, 5.41) is 2.85. The second-order valence-electron chi connectivity index (χ2n) is 4.81. The van der Waals surface area contributed by atoms with Crippen molar-refractivity contribution in [3.05, 3.63) is 53.6 Å². The van der Waals surface area contributed by atoms with E-state index in [0.717, 1.165) is 11.1 Å². The van der Waals surface area contributed by atoms with E-state index in [1.165, 1.54) is 0 Å². The SMILES string of the molecule is NCc1ccc(CC(=O)Nc2ccc3c(c2)OCO3)cc1. The first-order valence-electron chi connectivity index (χ1n) is 6.72. The number of hydrogen-bond donors (Lipinski definition) is 2. The third kappa shape index (κ3) is 3.14. The highest BCUT2D eigenvalue weighted by molar-refractivity contribution is 5.92. The minimum absolute atomic E-state index is 0.0747. The van der Waals surface area contributed by atoms with Crippen LogP contribution in [-0.2, 0) is 17.8 Å². The van der Waals surface area contributed by atoms with Crippen molar-refractivity contribution >= 4 is 11.6 Å². The molecule has 21 heavy (non-hydrogen) atoms. The second kappa shape index (κ2) is 5.85. The average Bonchev–Trinajstić information content (AvgIpc) is 2.95. The van der Waals surface area contributed by atoms with Gasteiger partial charge in [-0.15, -0.1) is 0 Å². The Balaban J connectivity index is 1.63. The summed E-state index contributed by atoms with van der Waals surface area (Å²) in [6, 6.07) is 13.0. The smallest absolute Gasteiger partial charge is 0.231 e. The van der Waals surface area contributed by atoms with Gasteiger partial charge < -0.3 is 20.5 Å². The van der Waals surface area contributed by atoms with Crippen LogP contribution in [0.4, 0.5) is 5.69 Å². The molecule has 0 fully saturated rings. The van der Waals surface area contributed by atoms with E-state index >= 15 is 0 Å². The lowest BCUT2D eigenvalue weighted by Gasteiger charge is -2.07. The van der Waals surface area contributed by atoms with Crippen LogP contribution in [0.15, 0.2) is 42.5 Å². The maximum Gasteiger partial charge on any atom is 0.231 e. The Hall–Kier alpha value is -2.53. The first-order chi connectivity index (χ1) is 10.2. The van der Waals surface area contributed by atoms with Crippen molar-refractivity contribution in [3.8, 4) is 11.5 Å². The predicted octanol–water partition coefficient (Wildman–Crippen LogP) is 2.06. The summed E-state index contributed by atoms with van der Waals surface area (Å²) in [5.74, 6) is 1.28. The minimum Gasteiger partial charge on any atom is -0.454 e. The van der Waals surface area contributed by atoms with Crippen LogP contribution in [0.3, 0.4) is 0 Å². The van der Waals surface area contributed by atoms with Crippen molar-refractivity contribution in [2.75, 3.05) is 12.1 Å². The molecule has 0 atom stereocenters. The molecular formula is C16H16N2O3. The van der Waals surface area contributed by atoms with Crippen molar-refractivity contribution < 1.29 is 14.3 Å². The Kier molecular flexibility index (Phi) is 3.75. The van der Waals surface area contributed by atoms with E-state index < -0.39 is 0 Å². The number of hydrogen-bond acceptors (Lipinski definition) is 4. The molecule has 2 aromatic carbocycles. The fourth-order valence-corrected chi connectivity index (χ4v) is 2.16. The number of carbonyl (C=O) groups is 1. The molecule has 1 amide bonds. The van der Waals surface area contributed by atoms with E-state index in [4.69, 9.17) is 15.2 Å². The molecule has 1 aliphatic heterocycles. The number of benzene rings is 2. The van der Waals surface area contributed by atoms with Gasteiger partial charge in [0.2, 0.25) is 12.7 Å². The summed E-state index contributed by atoms with van der Waals surface area (Å²) in [5.41, 5.74) is 8.24. The molecule has 1 heterocycles. The fourth-order valence-electron chi connectivity index (χ4n) is 2.16. The quantitative estimate of drug-likeness (QED) is 0.901. The zero-order valence-corrected chi connectivity index (χ0v) is 11.5. The van der Waals surface area contributed by atoms with Crippen LogP contribution >= 0.6 is 0 Å². The molecular weight excluding hydrogens is 268 g/mol. The molecule has 0 spiro atoms. The van der Waals surface area contributed by atoms with Crippen molar-refractivity contribution in [3.63, 3.8) is 0 Å². The summed E-state index contributed by atoms with van der Waals surface area (Å²) in [7, 11) is 0. The van der Waals surface area contributed by atoms with Crippen LogP contribution < -0.4 is 20.5 Å². The largest absolute Gasteiger partial charge is 0.454 e. The molecule has 3 N–H and O–H groups in total. The molecule has 0 saturated heterocycles. The summed E-state index contributed by atoms with van der Waals surface area (Å²) in [6.07, 6.45) is 0.319. The second-order valence-corrected chi connectivity index (χ2v) is 4.81. The zero-order chi connectivity index (χ0) is 14.7. The molecule has 0 radical (unpaired) electrons. The van der Waals surface area contributed by atoms with Gasteiger partial charge in [-0.1, -0.05) is 24.3 Å². The molecule has 0 saturated carbocycles. The van der Waals surface area contributed by atoms with Crippen LogP contribution in [-0.4, -0.2) is 12.7 Å². The van der Waals surface area contributed by atoms with E-state index in [0.29, 0.717) is 30.2 Å². The number of anilines is 1. The number of ether oxygens (including phenoxy) is 2. The normalized spacial score (nSPS) is 12.2. The highest BCUT2D eigenvalue weighted by atomic mass is 16.7. The zero-order valence-electron chi connectivity index (χ0n) is 11.5. The standard InChI is InChI=1S/C16H16N2O3/c17-9-12-3-1-11(2-4-12)7-16(19)18-13-5-6-14-15(8-13)21-10-20-14/h1-6,8H,7,9-10,17H2,(H,18,19). The lowest BCUT2D eigenvalue weighted by atomic mass is 10.1. The van der Waals surface area contributed by atoms with Gasteiger partial charge in [-0.3, -0.25) is 4.79 Å². The molecule has 1 aliphatic rings. The van der Waals surface area contributed by atoms with Crippen molar-refractivity contribution in [1.29, 1.82) is 0 Å². The predicted molar refractivity (Wildman–Crippen MR) is 79.2 cm³/mol. The van der Waals surface area contributed by atoms with Gasteiger partial charge in [0.15, 0.2) is 11.5 Å². The fraction of sp³-hybridized carbons (Fsp3) is 0.188. The van der Waals surface area contributed by atoms with Gasteiger partial charge in [0.05, 0.1) is 6.42 Å². The molecule has 0 aromatic heterocycles. The van der Waals surface area contributed by atoms with Gasteiger partial charge in [0.25, 0.3) is 0 Å². The van der Waals surface area contributed by atoms with Gasteiger partial charge in [-0.05, 0) is 23.3 Å². The highest BCUT2D eigenvalue weighted by Crippen LogP contribution is 2.34. The molecule has 0 unspecified atom stereocenters. The average molecular weight is 284 g/mol. The van der Waals surface area contributed by atoms with Crippen molar-refractivity contribution in [2.45, 2.75) is 13.0 Å². The van der Waals surface area contributed by atoms with E-state index in [9.17, 15) is 4.79 Å². The van der Waals surface area contributed by atoms with E-state index in [2.05, 4.69) is 5.32 Å². The molecule has 5 nitrogen and oxygen atoms in total. The van der Waals surface area contributed by atoms with E-state index in [1.54, 1.807) is 18.2 Å². The molecule has 3 rings (SSSR count). The summed E-state index contributed by atoms with van der Waals surface area (Å²) in [4.78, 5) is 12.0. The van der Waals surface area contributed by atoms with Crippen molar-refractivity contribution in [1.82, 2.24) is 0 Å². The Bertz CT molecular complexity index is 653. The first-order valence-corrected chi connectivity index (χ1v) is 6.72. The number of carbonyl (C=O) groups excluding carboxylic acids is 1. The van der Waals surface area contributed by atoms with Crippen LogP contribution in [0.2, 0.25) is 0 Å². The number of fused-ring (bicyclic) bond motifs is 1. The topological polar surface area (TPSA) is 73.6 Å². The van der Waals surface area contributed by atoms with Crippen molar-refractivity contribution in [2.24, 2.45) is 5.73 Å². The monoisotopic (exact) mass is 284 g/mol. The summed E-state index contributed by atoms with van der Waals surface area (Å²) >= 11 is 0. The van der Waals surface area contributed by atoms with Gasteiger partial charge >= 0.3 is 0 Å². The lowest BCUT2D eigenvalue weighted by Crippen LogP contribution is -2.14. The number of nitrogens with two attached hydrogens (primary N) is 1. The Morgan fingerprint density at radius 3 is 2.52 bits per heavy atom. The van der Waals surface area contributed by atoms with Gasteiger partial charge in [0.1, 0.15) is 0 Å². The third-order valence-corrected chi connectivity index (χ3v) is 3.28. The molecule has 5 heteroatoms. The molecule has 0 bridgehead atoms. The van der Waals surface area contributed by atoms with Gasteiger partial charge in [-0.2, -0.15) is 0 Å². The Morgan fingerprint density at radius 2 is 1.76 bits per heavy atom. The Labute approximate surface area is 122 Å². The highest BCUT2D eigenvalue weighted by Gasteiger charge is 2.14. The first kappa shape index (κ1) is 13.5. The number of amides is 1. The number of nitrogens with one attached hydrogen (secondary N) is 1. The molecule has 108 valence electrons. The van der Waals surface area contributed by atoms with Crippen LogP contribution in [0.25, 0.3) is 0 Å². The van der Waals surface area contributed by atoms with E-state index in [1.807, 2.05) is 24.3 Å². The maximum absolute atomic E-state index is 12.0. The summed E-state index contributed by atoms with van der Waals surface area (Å²) in [6.45, 7) is 0.726. The lowest BCUT2D eigenvalue weighted by molar-refractivity contribution is -0.115. The molecule has 2 aromatic rings. The third-order valence-electron chi connectivity index (χ3n) is 3.28. The number of rotatable bonds is 4. The van der Waals surface area contributed by atoms with Crippen LogP contribution in [0.1, 0.15) is 11.1 Å². The van der Waals surface area contributed by atoms with Gasteiger partial charge in [-0.25, -0.2) is 0 Å². The van der Waals surface area contributed by atoms with E-state index in [-0.39, 0.29) is 12.7 Å². The van der Waals surface area contributed by atoms with Crippen LogP contribution in [0.5, 0.6) is 11.5 Å². The minimum atomic E-state index is -0.0747. The summed E-state index contributed by atoms with van der Waals surface area (Å²) < 4.78 is 10.5. The maximum atomic E-state index is 12.0.